The molecular weight excluding hydrogens is 408 g/mol. The van der Waals surface area contributed by atoms with Gasteiger partial charge in [0.05, 0.1) is 30.1 Å². The van der Waals surface area contributed by atoms with Gasteiger partial charge in [0.15, 0.2) is 0 Å². The quantitative estimate of drug-likeness (QED) is 0.222. The van der Waals surface area contributed by atoms with Gasteiger partial charge < -0.3 is 9.47 Å². The Kier molecular flexibility index (Phi) is 13.0. The van der Waals surface area contributed by atoms with E-state index in [0.717, 1.165) is 19.3 Å². The average Bonchev–Trinajstić information content (AvgIpc) is 2.71. The van der Waals surface area contributed by atoms with Gasteiger partial charge in [-0.05, 0) is 31.4 Å². The summed E-state index contributed by atoms with van der Waals surface area (Å²) in [5, 5.41) is 0. The third-order valence-corrected chi connectivity index (χ3v) is 5.43. The minimum atomic E-state index is -4.02. The summed E-state index contributed by atoms with van der Waals surface area (Å²) in [5.74, 6) is -1.61. The molecule has 7 nitrogen and oxygen atoms in total. The Morgan fingerprint density at radius 2 is 1.20 bits per heavy atom. The topological polar surface area (TPSA) is 107 Å². The molecule has 0 radical (unpaired) electrons. The van der Waals surface area contributed by atoms with Crippen molar-refractivity contribution < 1.29 is 32.0 Å². The van der Waals surface area contributed by atoms with Gasteiger partial charge in [-0.3, -0.25) is 4.55 Å². The third-order valence-electron chi connectivity index (χ3n) is 4.63. The van der Waals surface area contributed by atoms with Crippen molar-refractivity contribution in [3.8, 4) is 0 Å². The molecule has 1 rings (SSSR count). The van der Waals surface area contributed by atoms with E-state index in [9.17, 15) is 18.0 Å². The molecule has 30 heavy (non-hydrogen) atoms. The van der Waals surface area contributed by atoms with Gasteiger partial charge in [0, 0.05) is 0 Å². The van der Waals surface area contributed by atoms with Crippen molar-refractivity contribution in [2.45, 2.75) is 71.1 Å². The predicted octanol–water partition coefficient (Wildman–Crippen LogP) is 4.81. The highest BCUT2D eigenvalue weighted by Crippen LogP contribution is 2.14. The van der Waals surface area contributed by atoms with E-state index in [1.165, 1.54) is 44.2 Å². The van der Waals surface area contributed by atoms with Crippen molar-refractivity contribution in [3.05, 3.63) is 35.4 Å². The molecule has 0 saturated carbocycles. The van der Waals surface area contributed by atoms with E-state index in [0.29, 0.717) is 6.61 Å². The SMILES string of the molecule is CCCCCCCCCCOC(=O)c1ccccc1C(=O)OCCCCS(=O)(=O)O. The number of carbonyl (C=O) groups is 2. The number of esters is 2. The maximum absolute atomic E-state index is 12.3. The van der Waals surface area contributed by atoms with Crippen LogP contribution in [0.15, 0.2) is 24.3 Å². The summed E-state index contributed by atoms with van der Waals surface area (Å²) in [6, 6.07) is 6.29. The zero-order valence-corrected chi connectivity index (χ0v) is 18.6. The van der Waals surface area contributed by atoms with Crippen molar-refractivity contribution in [2.24, 2.45) is 0 Å². The molecule has 0 atom stereocenters. The summed E-state index contributed by atoms with van der Waals surface area (Å²) >= 11 is 0. The summed E-state index contributed by atoms with van der Waals surface area (Å²) in [7, 11) is -4.02. The van der Waals surface area contributed by atoms with Crippen LogP contribution in [-0.4, -0.2) is 43.9 Å². The number of benzene rings is 1. The number of hydrogen-bond acceptors (Lipinski definition) is 6. The molecule has 0 fully saturated rings. The van der Waals surface area contributed by atoms with Crippen LogP contribution in [0.1, 0.15) is 91.8 Å². The standard InChI is InChI=1S/C22H34O7S/c1-2-3-4-5-6-7-8-11-16-28-21(23)19-14-9-10-15-20(19)22(24)29-17-12-13-18-30(25,26)27/h9-10,14-15H,2-8,11-13,16-18H2,1H3,(H,25,26,27). The van der Waals surface area contributed by atoms with Crippen LogP contribution >= 0.6 is 0 Å². The predicted molar refractivity (Wildman–Crippen MR) is 115 cm³/mol. The molecule has 1 aromatic rings. The number of ether oxygens (including phenoxy) is 2. The summed E-state index contributed by atoms with van der Waals surface area (Å²) in [4.78, 5) is 24.6. The fraction of sp³-hybridized carbons (Fsp3) is 0.636. The average molecular weight is 443 g/mol. The molecule has 0 unspecified atom stereocenters. The van der Waals surface area contributed by atoms with Gasteiger partial charge >= 0.3 is 11.9 Å². The second kappa shape index (κ2) is 15.0. The summed E-state index contributed by atoms with van der Waals surface area (Å²) < 4.78 is 40.4. The van der Waals surface area contributed by atoms with Crippen LogP contribution in [0.3, 0.4) is 0 Å². The first kappa shape index (κ1) is 26.1. The van der Waals surface area contributed by atoms with Crippen LogP contribution in [0.4, 0.5) is 0 Å². The fourth-order valence-corrected chi connectivity index (χ4v) is 3.52. The zero-order chi connectivity index (χ0) is 22.2. The van der Waals surface area contributed by atoms with E-state index >= 15 is 0 Å². The Labute approximate surface area is 179 Å². The van der Waals surface area contributed by atoms with Crippen LogP contribution in [-0.2, 0) is 19.6 Å². The van der Waals surface area contributed by atoms with Crippen molar-refractivity contribution >= 4 is 22.1 Å². The molecule has 8 heteroatoms. The maximum atomic E-state index is 12.3. The van der Waals surface area contributed by atoms with E-state index in [4.69, 9.17) is 14.0 Å². The van der Waals surface area contributed by atoms with E-state index in [2.05, 4.69) is 6.92 Å². The Morgan fingerprint density at radius 1 is 0.767 bits per heavy atom. The molecule has 0 saturated heterocycles. The lowest BCUT2D eigenvalue weighted by molar-refractivity contribution is 0.0451. The van der Waals surface area contributed by atoms with Crippen LogP contribution in [0.5, 0.6) is 0 Å². The van der Waals surface area contributed by atoms with Crippen LogP contribution in [0, 0.1) is 0 Å². The lowest BCUT2D eigenvalue weighted by atomic mass is 10.1. The van der Waals surface area contributed by atoms with Gasteiger partial charge in [-0.25, -0.2) is 9.59 Å². The Bertz CT molecular complexity index is 744. The van der Waals surface area contributed by atoms with E-state index < -0.39 is 22.1 Å². The molecule has 0 bridgehead atoms. The zero-order valence-electron chi connectivity index (χ0n) is 17.8. The van der Waals surface area contributed by atoms with Gasteiger partial charge in [-0.15, -0.1) is 0 Å². The normalized spacial score (nSPS) is 11.3. The van der Waals surface area contributed by atoms with Gasteiger partial charge in [0.25, 0.3) is 10.1 Å². The van der Waals surface area contributed by atoms with E-state index in [-0.39, 0.29) is 36.3 Å². The molecule has 170 valence electrons. The molecule has 0 aliphatic rings. The van der Waals surface area contributed by atoms with Gasteiger partial charge in [0.2, 0.25) is 0 Å². The summed E-state index contributed by atoms with van der Waals surface area (Å²) in [5.41, 5.74) is 0.271. The number of rotatable bonds is 16. The number of unbranched alkanes of at least 4 members (excludes halogenated alkanes) is 8. The van der Waals surface area contributed by atoms with Crippen molar-refractivity contribution in [1.29, 1.82) is 0 Å². The first-order chi connectivity index (χ1) is 14.3. The smallest absolute Gasteiger partial charge is 0.339 e. The number of hydrogen-bond donors (Lipinski definition) is 1. The van der Waals surface area contributed by atoms with Gasteiger partial charge in [0.1, 0.15) is 0 Å². The first-order valence-electron chi connectivity index (χ1n) is 10.7. The molecule has 0 spiro atoms. The summed E-state index contributed by atoms with van der Waals surface area (Å²) in [6.45, 7) is 2.50. The van der Waals surface area contributed by atoms with Crippen LogP contribution in [0.2, 0.25) is 0 Å². The minimum Gasteiger partial charge on any atom is -0.462 e. The Hall–Kier alpha value is -1.93. The Balaban J connectivity index is 2.35. The first-order valence-corrected chi connectivity index (χ1v) is 12.3. The molecule has 0 heterocycles. The molecule has 1 N–H and O–H groups in total. The summed E-state index contributed by atoms with van der Waals surface area (Å²) in [6.07, 6.45) is 9.63. The van der Waals surface area contributed by atoms with Gasteiger partial charge in [-0.2, -0.15) is 8.42 Å². The minimum absolute atomic E-state index is 0.00398. The molecule has 0 amide bonds. The van der Waals surface area contributed by atoms with Crippen molar-refractivity contribution in [3.63, 3.8) is 0 Å². The second-order valence-corrected chi connectivity index (χ2v) is 8.86. The largest absolute Gasteiger partial charge is 0.462 e. The van der Waals surface area contributed by atoms with Crippen molar-refractivity contribution in [2.75, 3.05) is 19.0 Å². The van der Waals surface area contributed by atoms with E-state index in [1.54, 1.807) is 12.1 Å². The highest BCUT2D eigenvalue weighted by Gasteiger charge is 2.19. The third kappa shape index (κ3) is 11.9. The molecular formula is C22H34O7S. The Morgan fingerprint density at radius 3 is 1.67 bits per heavy atom. The monoisotopic (exact) mass is 442 g/mol. The number of carbonyl (C=O) groups excluding carboxylic acids is 2. The van der Waals surface area contributed by atoms with Crippen LogP contribution in [0.25, 0.3) is 0 Å². The fourth-order valence-electron chi connectivity index (χ4n) is 2.95. The lowest BCUT2D eigenvalue weighted by Gasteiger charge is -2.10. The maximum Gasteiger partial charge on any atom is 0.339 e. The highest BCUT2D eigenvalue weighted by molar-refractivity contribution is 7.85. The lowest BCUT2D eigenvalue weighted by Crippen LogP contribution is -2.15. The van der Waals surface area contributed by atoms with Crippen molar-refractivity contribution in [1.82, 2.24) is 0 Å². The second-order valence-electron chi connectivity index (χ2n) is 7.29. The molecule has 1 aromatic carbocycles. The molecule has 0 aliphatic heterocycles. The van der Waals surface area contributed by atoms with Gasteiger partial charge in [-0.1, -0.05) is 64.0 Å². The van der Waals surface area contributed by atoms with E-state index in [1.807, 2.05) is 0 Å². The molecule has 0 aromatic heterocycles. The molecule has 0 aliphatic carbocycles. The van der Waals surface area contributed by atoms with Crippen LogP contribution < -0.4 is 0 Å². The highest BCUT2D eigenvalue weighted by atomic mass is 32.2.